The van der Waals surface area contributed by atoms with Crippen LogP contribution in [-0.4, -0.2) is 24.1 Å². The van der Waals surface area contributed by atoms with E-state index in [9.17, 15) is 9.90 Å². The molecule has 1 atom stereocenters. The monoisotopic (exact) mass is 334 g/mol. The Morgan fingerprint density at radius 3 is 2.21 bits per heavy atom. The van der Waals surface area contributed by atoms with Gasteiger partial charge in [-0.25, -0.2) is 0 Å². The molecule has 0 radical (unpaired) electrons. The summed E-state index contributed by atoms with van der Waals surface area (Å²) in [6.07, 6.45) is 3.21. The minimum Gasteiger partial charge on any atom is -0.498 e. The third kappa shape index (κ3) is 4.60. The van der Waals surface area contributed by atoms with Crippen molar-refractivity contribution in [1.82, 2.24) is 0 Å². The largest absolute Gasteiger partial charge is 0.498 e. The van der Waals surface area contributed by atoms with Crippen molar-refractivity contribution in [3.05, 3.63) is 34.1 Å². The summed E-state index contributed by atoms with van der Waals surface area (Å²) in [4.78, 5) is 12.8. The summed E-state index contributed by atoms with van der Waals surface area (Å²) in [6.45, 7) is 16.5. The molecule has 3 heteroatoms. The third-order valence-electron chi connectivity index (χ3n) is 4.66. The fraction of sp³-hybridized carbons (Fsp3) is 0.667. The maximum Gasteiger partial charge on any atom is 0.188 e. The van der Waals surface area contributed by atoms with Crippen molar-refractivity contribution < 1.29 is 14.6 Å². The number of carbonyl (C=O) groups excluding carboxylic acids is 1. The fourth-order valence-electron chi connectivity index (χ4n) is 3.56. The van der Waals surface area contributed by atoms with Crippen LogP contribution in [0.1, 0.15) is 68.2 Å². The minimum absolute atomic E-state index is 0.0125. The van der Waals surface area contributed by atoms with Gasteiger partial charge in [-0.15, -0.1) is 0 Å². The molecule has 0 amide bonds. The number of allylic oxidation sites excluding steroid dienone is 4. The van der Waals surface area contributed by atoms with Crippen LogP contribution in [0, 0.1) is 10.8 Å². The van der Waals surface area contributed by atoms with Gasteiger partial charge >= 0.3 is 0 Å². The van der Waals surface area contributed by atoms with Crippen LogP contribution in [0.2, 0.25) is 0 Å². The van der Waals surface area contributed by atoms with Gasteiger partial charge in [-0.2, -0.15) is 0 Å². The minimum atomic E-state index is -0.832. The fourth-order valence-corrected chi connectivity index (χ4v) is 3.56. The molecule has 0 aromatic rings. The molecule has 0 bridgehead atoms. The topological polar surface area (TPSA) is 46.5 Å². The maximum absolute atomic E-state index is 12.8. The molecule has 0 aromatic carbocycles. The Hall–Kier alpha value is -1.35. The number of ketones is 1. The van der Waals surface area contributed by atoms with Crippen LogP contribution >= 0.6 is 0 Å². The summed E-state index contributed by atoms with van der Waals surface area (Å²) in [6, 6.07) is 0. The molecule has 1 rings (SSSR count). The number of carbonyl (C=O) groups is 1. The average Bonchev–Trinajstić information content (AvgIpc) is 2.42. The average molecular weight is 335 g/mol. The number of ether oxygens (including phenoxy) is 1. The lowest BCUT2D eigenvalue weighted by atomic mass is 9.71. The number of hydrogen-bond acceptors (Lipinski definition) is 3. The SMILES string of the molecule is COC1=C(C)C(=O)C(C(C)(C)C/C=C(\C)CC(C)(C)C)=C(C)C1O. The first kappa shape index (κ1) is 20.7. The smallest absolute Gasteiger partial charge is 0.188 e. The van der Waals surface area contributed by atoms with Crippen molar-refractivity contribution in [2.24, 2.45) is 10.8 Å². The van der Waals surface area contributed by atoms with Crippen LogP contribution in [0.25, 0.3) is 0 Å². The molecule has 0 saturated carbocycles. The Labute approximate surface area is 147 Å². The van der Waals surface area contributed by atoms with E-state index in [1.807, 2.05) is 6.92 Å². The lowest BCUT2D eigenvalue weighted by Gasteiger charge is -2.34. The highest BCUT2D eigenvalue weighted by Crippen LogP contribution is 2.41. The van der Waals surface area contributed by atoms with Crippen molar-refractivity contribution in [2.45, 2.75) is 74.3 Å². The molecule has 3 nitrogen and oxygen atoms in total. The van der Waals surface area contributed by atoms with E-state index in [4.69, 9.17) is 4.74 Å². The zero-order chi connectivity index (χ0) is 18.9. The van der Waals surface area contributed by atoms with Crippen molar-refractivity contribution in [3.63, 3.8) is 0 Å². The third-order valence-corrected chi connectivity index (χ3v) is 4.66. The number of rotatable bonds is 5. The number of hydrogen-bond donors (Lipinski definition) is 1. The normalized spacial score (nSPS) is 20.8. The Balaban J connectivity index is 3.12. The second kappa shape index (κ2) is 7.26. The number of aliphatic hydroxyl groups excluding tert-OH is 1. The predicted molar refractivity (Wildman–Crippen MR) is 99.6 cm³/mol. The van der Waals surface area contributed by atoms with E-state index in [1.54, 1.807) is 6.92 Å². The van der Waals surface area contributed by atoms with E-state index in [2.05, 4.69) is 47.6 Å². The Bertz CT molecular complexity index is 595. The predicted octanol–water partition coefficient (Wildman–Crippen LogP) is 4.97. The van der Waals surface area contributed by atoms with Gasteiger partial charge in [0, 0.05) is 11.1 Å². The van der Waals surface area contributed by atoms with Crippen molar-refractivity contribution in [1.29, 1.82) is 0 Å². The van der Waals surface area contributed by atoms with E-state index in [-0.39, 0.29) is 16.6 Å². The molecular formula is C21H34O3. The number of Topliss-reactive ketones (excluding diaryl/α,β-unsaturated/α-hetero) is 1. The van der Waals surface area contributed by atoms with Crippen molar-refractivity contribution in [2.75, 3.05) is 7.11 Å². The highest BCUT2D eigenvalue weighted by molar-refractivity contribution is 6.10. The van der Waals surface area contributed by atoms with Gasteiger partial charge in [0.25, 0.3) is 0 Å². The van der Waals surface area contributed by atoms with Crippen LogP contribution in [-0.2, 0) is 9.53 Å². The van der Waals surface area contributed by atoms with Gasteiger partial charge in [0.15, 0.2) is 5.78 Å². The summed E-state index contributed by atoms with van der Waals surface area (Å²) >= 11 is 0. The highest BCUT2D eigenvalue weighted by atomic mass is 16.5. The van der Waals surface area contributed by atoms with Crippen LogP contribution in [0.5, 0.6) is 0 Å². The Morgan fingerprint density at radius 1 is 1.21 bits per heavy atom. The molecule has 0 fully saturated rings. The second-order valence-corrected chi connectivity index (χ2v) is 8.86. The molecular weight excluding hydrogens is 300 g/mol. The van der Waals surface area contributed by atoms with Gasteiger partial charge in [0.1, 0.15) is 11.9 Å². The first-order chi connectivity index (χ1) is 10.8. The van der Waals surface area contributed by atoms with Gasteiger partial charge in [-0.05, 0) is 50.0 Å². The molecule has 136 valence electrons. The summed E-state index contributed by atoms with van der Waals surface area (Å²) in [5.74, 6) is 0.359. The summed E-state index contributed by atoms with van der Waals surface area (Å²) in [5, 5.41) is 10.5. The van der Waals surface area contributed by atoms with Gasteiger partial charge in [0.05, 0.1) is 7.11 Å². The zero-order valence-corrected chi connectivity index (χ0v) is 16.8. The van der Waals surface area contributed by atoms with Crippen LogP contribution in [0.3, 0.4) is 0 Å². The van der Waals surface area contributed by atoms with Gasteiger partial charge in [-0.3, -0.25) is 4.79 Å². The molecule has 0 aromatic heterocycles. The lowest BCUT2D eigenvalue weighted by molar-refractivity contribution is -0.114. The standard InChI is InChI=1S/C21H34O3/c1-13(12-20(4,5)6)10-11-21(7,8)16-14(2)18(23)19(24-9)15(3)17(16)22/h10,18,23H,11-12H2,1-9H3/b13-10+. The quantitative estimate of drug-likeness (QED) is 0.722. The number of aliphatic hydroxyl groups is 1. The molecule has 1 unspecified atom stereocenters. The first-order valence-corrected chi connectivity index (χ1v) is 8.66. The zero-order valence-electron chi connectivity index (χ0n) is 16.8. The summed E-state index contributed by atoms with van der Waals surface area (Å²) in [5.41, 5.74) is 3.18. The molecule has 1 N–H and O–H groups in total. The number of methoxy groups -OCH3 is 1. The van der Waals surface area contributed by atoms with Crippen LogP contribution in [0.4, 0.5) is 0 Å². The van der Waals surface area contributed by atoms with E-state index in [0.29, 0.717) is 22.5 Å². The molecule has 0 aliphatic heterocycles. The first-order valence-electron chi connectivity index (χ1n) is 8.66. The molecule has 1 aliphatic carbocycles. The van der Waals surface area contributed by atoms with Gasteiger partial charge in [0.2, 0.25) is 0 Å². The lowest BCUT2D eigenvalue weighted by Crippen LogP contribution is -2.33. The van der Waals surface area contributed by atoms with Gasteiger partial charge < -0.3 is 9.84 Å². The summed E-state index contributed by atoms with van der Waals surface area (Å²) < 4.78 is 5.23. The molecule has 24 heavy (non-hydrogen) atoms. The summed E-state index contributed by atoms with van der Waals surface area (Å²) in [7, 11) is 1.50. The molecule has 0 heterocycles. The molecule has 0 spiro atoms. The van der Waals surface area contributed by atoms with Crippen molar-refractivity contribution >= 4 is 5.78 Å². The highest BCUT2D eigenvalue weighted by Gasteiger charge is 2.38. The van der Waals surface area contributed by atoms with E-state index in [1.165, 1.54) is 12.7 Å². The van der Waals surface area contributed by atoms with E-state index >= 15 is 0 Å². The molecule has 1 aliphatic rings. The van der Waals surface area contributed by atoms with E-state index < -0.39 is 6.10 Å². The second-order valence-electron chi connectivity index (χ2n) is 8.86. The maximum atomic E-state index is 12.8. The Morgan fingerprint density at radius 2 is 1.75 bits per heavy atom. The van der Waals surface area contributed by atoms with Crippen molar-refractivity contribution in [3.8, 4) is 0 Å². The molecule has 0 saturated heterocycles. The van der Waals surface area contributed by atoms with Crippen LogP contribution < -0.4 is 0 Å². The van der Waals surface area contributed by atoms with Crippen LogP contribution in [0.15, 0.2) is 34.1 Å². The Kier molecular flexibility index (Phi) is 6.26. The van der Waals surface area contributed by atoms with E-state index in [0.717, 1.165) is 12.8 Å². The van der Waals surface area contributed by atoms with Gasteiger partial charge in [-0.1, -0.05) is 46.3 Å².